The maximum absolute atomic E-state index is 11.4. The van der Waals surface area contributed by atoms with Gasteiger partial charge >= 0.3 is 5.97 Å². The van der Waals surface area contributed by atoms with Crippen LogP contribution in [0, 0.1) is 0 Å². The maximum Gasteiger partial charge on any atom is 0.323 e. The predicted octanol–water partition coefficient (Wildman–Crippen LogP) is 0.611. The highest BCUT2D eigenvalue weighted by molar-refractivity contribution is 5.75. The molecule has 0 fully saturated rings. The normalized spacial score (nSPS) is 16.5. The summed E-state index contributed by atoms with van der Waals surface area (Å²) < 4.78 is 5.14. The molecule has 0 rings (SSSR count). The van der Waals surface area contributed by atoms with Crippen molar-refractivity contribution in [1.82, 2.24) is 5.32 Å². The summed E-state index contributed by atoms with van der Waals surface area (Å²) in [6.45, 7) is 9.02. The second kappa shape index (κ2) is 4.58. The van der Waals surface area contributed by atoms with Gasteiger partial charge in [0.05, 0.1) is 6.17 Å². The monoisotopic (exact) mass is 188 g/mol. The fourth-order valence-corrected chi connectivity index (χ4v) is 0.853. The van der Waals surface area contributed by atoms with E-state index in [-0.39, 0.29) is 18.2 Å². The van der Waals surface area contributed by atoms with Crippen molar-refractivity contribution in [3.63, 3.8) is 0 Å². The second-order valence-corrected chi connectivity index (χ2v) is 4.21. The molecule has 2 atom stereocenters. The number of esters is 1. The van der Waals surface area contributed by atoms with E-state index in [0.717, 1.165) is 0 Å². The number of carbonyl (C=O) groups excluding carboxylic acids is 1. The first kappa shape index (κ1) is 12.4. The molecule has 0 spiro atoms. The first-order valence-corrected chi connectivity index (χ1v) is 4.47. The smallest absolute Gasteiger partial charge is 0.323 e. The number of nitrogens with one attached hydrogen (secondary N) is 1. The average Bonchev–Trinajstić information content (AvgIpc) is 1.81. The molecule has 13 heavy (non-hydrogen) atoms. The van der Waals surface area contributed by atoms with Crippen LogP contribution >= 0.6 is 0 Å². The highest BCUT2D eigenvalue weighted by Crippen LogP contribution is 2.08. The van der Waals surface area contributed by atoms with Crippen molar-refractivity contribution in [3.8, 4) is 0 Å². The van der Waals surface area contributed by atoms with Crippen LogP contribution in [0.15, 0.2) is 0 Å². The minimum absolute atomic E-state index is 0.206. The zero-order valence-corrected chi connectivity index (χ0v) is 9.05. The maximum atomic E-state index is 11.4. The minimum Gasteiger partial charge on any atom is -0.459 e. The molecular formula is C9H20N2O2. The van der Waals surface area contributed by atoms with E-state index in [1.165, 1.54) is 0 Å². The summed E-state index contributed by atoms with van der Waals surface area (Å²) in [7, 11) is 0. The molecule has 0 amide bonds. The Kier molecular flexibility index (Phi) is 4.36. The molecule has 0 radical (unpaired) electrons. The van der Waals surface area contributed by atoms with Gasteiger partial charge in [-0.3, -0.25) is 10.1 Å². The molecule has 0 saturated carbocycles. The summed E-state index contributed by atoms with van der Waals surface area (Å²) >= 11 is 0. The first-order chi connectivity index (χ1) is 5.72. The van der Waals surface area contributed by atoms with Gasteiger partial charge in [0.1, 0.15) is 11.6 Å². The molecule has 2 unspecified atom stereocenters. The van der Waals surface area contributed by atoms with Gasteiger partial charge in [-0.05, 0) is 34.6 Å². The molecule has 0 bridgehead atoms. The van der Waals surface area contributed by atoms with Crippen molar-refractivity contribution < 1.29 is 9.53 Å². The molecule has 0 aromatic rings. The topological polar surface area (TPSA) is 64.3 Å². The molecule has 0 aliphatic heterocycles. The summed E-state index contributed by atoms with van der Waals surface area (Å²) in [5, 5.41) is 2.87. The molecule has 78 valence electrons. The zero-order valence-electron chi connectivity index (χ0n) is 9.05. The van der Waals surface area contributed by atoms with E-state index < -0.39 is 5.60 Å². The van der Waals surface area contributed by atoms with Crippen molar-refractivity contribution >= 4 is 5.97 Å². The lowest BCUT2D eigenvalue weighted by Crippen LogP contribution is -2.46. The van der Waals surface area contributed by atoms with Crippen molar-refractivity contribution in [3.05, 3.63) is 0 Å². The van der Waals surface area contributed by atoms with Crippen LogP contribution in [0.3, 0.4) is 0 Å². The van der Waals surface area contributed by atoms with E-state index in [2.05, 4.69) is 5.32 Å². The lowest BCUT2D eigenvalue weighted by atomic mass is 10.2. The summed E-state index contributed by atoms with van der Waals surface area (Å²) in [6.07, 6.45) is -0.206. The third-order valence-corrected chi connectivity index (χ3v) is 1.27. The third kappa shape index (κ3) is 6.54. The molecule has 0 heterocycles. The van der Waals surface area contributed by atoms with E-state index in [4.69, 9.17) is 10.5 Å². The van der Waals surface area contributed by atoms with Crippen molar-refractivity contribution in [2.45, 2.75) is 52.4 Å². The quantitative estimate of drug-likeness (QED) is 0.503. The molecule has 0 aliphatic rings. The third-order valence-electron chi connectivity index (χ3n) is 1.27. The Morgan fingerprint density at radius 1 is 1.38 bits per heavy atom. The van der Waals surface area contributed by atoms with Gasteiger partial charge in [-0.15, -0.1) is 0 Å². The van der Waals surface area contributed by atoms with E-state index in [1.54, 1.807) is 13.8 Å². The van der Waals surface area contributed by atoms with Gasteiger partial charge in [-0.1, -0.05) is 0 Å². The van der Waals surface area contributed by atoms with E-state index in [9.17, 15) is 4.79 Å². The summed E-state index contributed by atoms with van der Waals surface area (Å²) in [6, 6.07) is -0.362. The van der Waals surface area contributed by atoms with E-state index >= 15 is 0 Å². The number of ether oxygens (including phenoxy) is 1. The Morgan fingerprint density at radius 2 is 1.85 bits per heavy atom. The van der Waals surface area contributed by atoms with E-state index in [0.29, 0.717) is 0 Å². The Morgan fingerprint density at radius 3 is 2.15 bits per heavy atom. The summed E-state index contributed by atoms with van der Waals surface area (Å²) in [4.78, 5) is 11.4. The average molecular weight is 188 g/mol. The first-order valence-electron chi connectivity index (χ1n) is 4.47. The SMILES string of the molecule is CC(N)NC(C)C(=O)OC(C)(C)C. The van der Waals surface area contributed by atoms with Gasteiger partial charge in [-0.2, -0.15) is 0 Å². The molecule has 0 aromatic carbocycles. The standard InChI is InChI=1S/C9H20N2O2/c1-6(11-7(2)10)8(12)13-9(3,4)5/h6-7,11H,10H2,1-5H3. The molecule has 3 N–H and O–H groups in total. The number of rotatable bonds is 3. The fourth-order valence-electron chi connectivity index (χ4n) is 0.853. The van der Waals surface area contributed by atoms with Gasteiger partial charge < -0.3 is 10.5 Å². The molecule has 4 heteroatoms. The lowest BCUT2D eigenvalue weighted by Gasteiger charge is -2.23. The highest BCUT2D eigenvalue weighted by atomic mass is 16.6. The Hall–Kier alpha value is -0.610. The van der Waals surface area contributed by atoms with Gasteiger partial charge in [0.25, 0.3) is 0 Å². The number of hydrogen-bond donors (Lipinski definition) is 2. The second-order valence-electron chi connectivity index (χ2n) is 4.21. The van der Waals surface area contributed by atoms with Crippen LogP contribution in [0.2, 0.25) is 0 Å². The molecule has 0 aromatic heterocycles. The van der Waals surface area contributed by atoms with Crippen LogP contribution in [-0.2, 0) is 9.53 Å². The van der Waals surface area contributed by atoms with Crippen LogP contribution < -0.4 is 11.1 Å². The number of hydrogen-bond acceptors (Lipinski definition) is 4. The fraction of sp³-hybridized carbons (Fsp3) is 0.889. The Bertz CT molecular complexity index is 173. The Labute approximate surface area is 79.8 Å². The summed E-state index contributed by atoms with van der Waals surface area (Å²) in [5.41, 5.74) is 5.04. The molecular weight excluding hydrogens is 168 g/mol. The number of carbonyl (C=O) groups is 1. The minimum atomic E-state index is -0.440. The molecule has 0 saturated heterocycles. The van der Waals surface area contributed by atoms with Crippen LogP contribution in [0.5, 0.6) is 0 Å². The Balaban J connectivity index is 3.97. The van der Waals surface area contributed by atoms with Crippen molar-refractivity contribution in [2.24, 2.45) is 5.73 Å². The molecule has 4 nitrogen and oxygen atoms in total. The van der Waals surface area contributed by atoms with Crippen molar-refractivity contribution in [1.29, 1.82) is 0 Å². The van der Waals surface area contributed by atoms with E-state index in [1.807, 2.05) is 20.8 Å². The van der Waals surface area contributed by atoms with Crippen LogP contribution in [0.4, 0.5) is 0 Å². The highest BCUT2D eigenvalue weighted by Gasteiger charge is 2.21. The van der Waals surface area contributed by atoms with Gasteiger partial charge in [0, 0.05) is 0 Å². The van der Waals surface area contributed by atoms with Crippen LogP contribution in [0.25, 0.3) is 0 Å². The molecule has 0 aliphatic carbocycles. The zero-order chi connectivity index (χ0) is 10.6. The summed E-state index contributed by atoms with van der Waals surface area (Å²) in [5.74, 6) is -0.273. The van der Waals surface area contributed by atoms with Gasteiger partial charge in [-0.25, -0.2) is 0 Å². The lowest BCUT2D eigenvalue weighted by molar-refractivity contribution is -0.157. The predicted molar refractivity (Wildman–Crippen MR) is 52.1 cm³/mol. The van der Waals surface area contributed by atoms with Crippen LogP contribution in [-0.4, -0.2) is 23.8 Å². The van der Waals surface area contributed by atoms with Gasteiger partial charge in [0.2, 0.25) is 0 Å². The van der Waals surface area contributed by atoms with Gasteiger partial charge in [0.15, 0.2) is 0 Å². The largest absolute Gasteiger partial charge is 0.459 e. The van der Waals surface area contributed by atoms with Crippen molar-refractivity contribution in [2.75, 3.05) is 0 Å². The van der Waals surface area contributed by atoms with Crippen LogP contribution in [0.1, 0.15) is 34.6 Å². The number of nitrogens with two attached hydrogens (primary N) is 1.